The van der Waals surface area contributed by atoms with E-state index in [0.717, 1.165) is 31.8 Å². The van der Waals surface area contributed by atoms with Gasteiger partial charge < -0.3 is 15.2 Å². The highest BCUT2D eigenvalue weighted by atomic mass is 16.5. The molecule has 0 saturated heterocycles. The smallest absolute Gasteiger partial charge is 0.0610 e. The third kappa shape index (κ3) is 5.34. The van der Waals surface area contributed by atoms with Crippen molar-refractivity contribution in [3.8, 4) is 0 Å². The average molecular weight is 283 g/mol. The van der Waals surface area contributed by atoms with Gasteiger partial charge in [-0.25, -0.2) is 0 Å². The lowest BCUT2D eigenvalue weighted by molar-refractivity contribution is -0.00728. The van der Waals surface area contributed by atoms with Crippen LogP contribution < -0.4 is 5.32 Å². The Balaban J connectivity index is 1.55. The number of nitrogens with one attached hydrogen (secondary N) is 1. The highest BCUT2D eigenvalue weighted by Crippen LogP contribution is 2.27. The van der Waals surface area contributed by atoms with E-state index in [2.05, 4.69) is 19.2 Å². The number of ether oxygens (including phenoxy) is 1. The van der Waals surface area contributed by atoms with E-state index in [0.29, 0.717) is 12.1 Å². The van der Waals surface area contributed by atoms with Gasteiger partial charge in [0.2, 0.25) is 0 Å². The summed E-state index contributed by atoms with van der Waals surface area (Å²) in [5, 5.41) is 13.1. The molecule has 0 aromatic heterocycles. The van der Waals surface area contributed by atoms with Crippen LogP contribution >= 0.6 is 0 Å². The molecule has 2 rings (SSSR count). The van der Waals surface area contributed by atoms with E-state index in [9.17, 15) is 5.11 Å². The number of hydrogen-bond acceptors (Lipinski definition) is 3. The largest absolute Gasteiger partial charge is 0.394 e. The minimum Gasteiger partial charge on any atom is -0.394 e. The molecular formula is C17H33NO2. The Kier molecular flexibility index (Phi) is 6.31. The summed E-state index contributed by atoms with van der Waals surface area (Å²) in [7, 11) is 0. The van der Waals surface area contributed by atoms with Crippen LogP contribution in [0.3, 0.4) is 0 Å². The van der Waals surface area contributed by atoms with Gasteiger partial charge in [-0.1, -0.05) is 19.8 Å². The van der Waals surface area contributed by atoms with E-state index in [4.69, 9.17) is 4.74 Å². The molecule has 3 unspecified atom stereocenters. The first-order valence-corrected chi connectivity index (χ1v) is 8.63. The zero-order valence-corrected chi connectivity index (χ0v) is 13.4. The Morgan fingerprint density at radius 2 is 1.90 bits per heavy atom. The first-order chi connectivity index (χ1) is 9.63. The van der Waals surface area contributed by atoms with Crippen LogP contribution in [0.1, 0.15) is 71.6 Å². The minimum absolute atomic E-state index is 0.0840. The van der Waals surface area contributed by atoms with Crippen LogP contribution in [0, 0.1) is 5.92 Å². The maximum Gasteiger partial charge on any atom is 0.0610 e. The standard InChI is InChI=1S/C17H33NO2/c1-14-7-3-4-8-16(14)20-12-6-5-11-17(2,13-19)18-15-9-10-15/h14-16,18-19H,3-13H2,1-2H3. The van der Waals surface area contributed by atoms with Gasteiger partial charge in [0, 0.05) is 18.2 Å². The predicted octanol–water partition coefficient (Wildman–Crippen LogP) is 3.26. The van der Waals surface area contributed by atoms with Gasteiger partial charge in [-0.05, 0) is 57.8 Å². The quantitative estimate of drug-likeness (QED) is 0.638. The molecular weight excluding hydrogens is 250 g/mol. The molecule has 3 atom stereocenters. The molecule has 3 heteroatoms. The van der Waals surface area contributed by atoms with Crippen LogP contribution in [0.4, 0.5) is 0 Å². The van der Waals surface area contributed by atoms with Gasteiger partial charge in [-0.15, -0.1) is 0 Å². The van der Waals surface area contributed by atoms with E-state index in [1.807, 2.05) is 0 Å². The summed E-state index contributed by atoms with van der Waals surface area (Å²) in [6, 6.07) is 0.659. The van der Waals surface area contributed by atoms with Crippen LogP contribution in [-0.4, -0.2) is 36.0 Å². The fourth-order valence-electron chi connectivity index (χ4n) is 3.30. The summed E-state index contributed by atoms with van der Waals surface area (Å²) in [4.78, 5) is 0. The lowest BCUT2D eigenvalue weighted by Crippen LogP contribution is -2.46. The topological polar surface area (TPSA) is 41.5 Å². The zero-order chi connectivity index (χ0) is 14.4. The molecule has 0 radical (unpaired) electrons. The molecule has 2 aliphatic rings. The molecule has 0 bridgehead atoms. The van der Waals surface area contributed by atoms with Crippen molar-refractivity contribution in [2.75, 3.05) is 13.2 Å². The fourth-order valence-corrected chi connectivity index (χ4v) is 3.30. The lowest BCUT2D eigenvalue weighted by Gasteiger charge is -2.30. The van der Waals surface area contributed by atoms with Crippen molar-refractivity contribution in [1.82, 2.24) is 5.32 Å². The Morgan fingerprint density at radius 3 is 2.55 bits per heavy atom. The van der Waals surface area contributed by atoms with E-state index >= 15 is 0 Å². The Morgan fingerprint density at radius 1 is 1.15 bits per heavy atom. The van der Waals surface area contributed by atoms with Crippen molar-refractivity contribution in [2.24, 2.45) is 5.92 Å². The van der Waals surface area contributed by atoms with Gasteiger partial charge in [0.15, 0.2) is 0 Å². The normalized spacial score (nSPS) is 30.1. The van der Waals surface area contributed by atoms with Crippen molar-refractivity contribution < 1.29 is 9.84 Å². The Labute approximate surface area is 124 Å². The van der Waals surface area contributed by atoms with Gasteiger partial charge in [-0.3, -0.25) is 0 Å². The van der Waals surface area contributed by atoms with Crippen LogP contribution in [0.25, 0.3) is 0 Å². The molecule has 2 aliphatic carbocycles. The zero-order valence-electron chi connectivity index (χ0n) is 13.4. The molecule has 0 aromatic carbocycles. The molecule has 2 fully saturated rings. The summed E-state index contributed by atoms with van der Waals surface area (Å²) < 4.78 is 6.05. The summed E-state index contributed by atoms with van der Waals surface area (Å²) in [5.74, 6) is 0.739. The van der Waals surface area contributed by atoms with E-state index in [-0.39, 0.29) is 12.1 Å². The average Bonchev–Trinajstić information content (AvgIpc) is 3.24. The molecule has 3 nitrogen and oxygen atoms in total. The highest BCUT2D eigenvalue weighted by Gasteiger charge is 2.31. The Hall–Kier alpha value is -0.120. The van der Waals surface area contributed by atoms with E-state index in [1.54, 1.807) is 0 Å². The summed E-state index contributed by atoms with van der Waals surface area (Å²) >= 11 is 0. The fraction of sp³-hybridized carbons (Fsp3) is 1.00. The molecule has 118 valence electrons. The monoisotopic (exact) mass is 283 g/mol. The summed E-state index contributed by atoms with van der Waals surface area (Å²) in [6.07, 6.45) is 11.6. The van der Waals surface area contributed by atoms with Crippen LogP contribution in [-0.2, 0) is 4.74 Å². The molecule has 0 aromatic rings. The maximum absolute atomic E-state index is 9.56. The third-order valence-corrected chi connectivity index (χ3v) is 4.97. The third-order valence-electron chi connectivity index (χ3n) is 4.97. The highest BCUT2D eigenvalue weighted by molar-refractivity contribution is 4.92. The first-order valence-electron chi connectivity index (χ1n) is 8.63. The number of rotatable bonds is 9. The molecule has 20 heavy (non-hydrogen) atoms. The van der Waals surface area contributed by atoms with Gasteiger partial charge in [0.25, 0.3) is 0 Å². The molecule has 0 amide bonds. The first kappa shape index (κ1) is 16.3. The van der Waals surface area contributed by atoms with E-state index < -0.39 is 0 Å². The van der Waals surface area contributed by atoms with Crippen LogP contribution in [0.15, 0.2) is 0 Å². The summed E-state index contributed by atoms with van der Waals surface area (Å²) in [6.45, 7) is 5.60. The number of hydrogen-bond donors (Lipinski definition) is 2. The lowest BCUT2D eigenvalue weighted by atomic mass is 9.88. The predicted molar refractivity (Wildman–Crippen MR) is 82.9 cm³/mol. The number of aliphatic hydroxyl groups excluding tert-OH is 1. The second kappa shape index (κ2) is 7.77. The minimum atomic E-state index is -0.0840. The van der Waals surface area contributed by atoms with Crippen molar-refractivity contribution in [2.45, 2.75) is 89.3 Å². The maximum atomic E-state index is 9.56. The second-order valence-electron chi connectivity index (χ2n) is 7.27. The summed E-state index contributed by atoms with van der Waals surface area (Å²) in [5.41, 5.74) is -0.0840. The van der Waals surface area contributed by atoms with Crippen molar-refractivity contribution in [1.29, 1.82) is 0 Å². The number of aliphatic hydroxyl groups is 1. The van der Waals surface area contributed by atoms with E-state index in [1.165, 1.54) is 38.5 Å². The van der Waals surface area contributed by atoms with Crippen molar-refractivity contribution in [3.63, 3.8) is 0 Å². The van der Waals surface area contributed by atoms with Gasteiger partial charge in [0.05, 0.1) is 12.7 Å². The molecule has 0 spiro atoms. The molecule has 2 saturated carbocycles. The SMILES string of the molecule is CC1CCCCC1OCCCCC(C)(CO)NC1CC1. The molecule has 0 aliphatic heterocycles. The van der Waals surface area contributed by atoms with Crippen molar-refractivity contribution in [3.05, 3.63) is 0 Å². The molecule has 2 N–H and O–H groups in total. The van der Waals surface area contributed by atoms with Gasteiger partial charge in [0.1, 0.15) is 0 Å². The molecule has 0 heterocycles. The number of unbranched alkanes of at least 4 members (excludes halogenated alkanes) is 1. The van der Waals surface area contributed by atoms with Crippen molar-refractivity contribution >= 4 is 0 Å². The Bertz CT molecular complexity index is 280. The van der Waals surface area contributed by atoms with Crippen LogP contribution in [0.2, 0.25) is 0 Å². The van der Waals surface area contributed by atoms with Crippen LogP contribution in [0.5, 0.6) is 0 Å². The second-order valence-corrected chi connectivity index (χ2v) is 7.27. The van der Waals surface area contributed by atoms with Gasteiger partial charge in [-0.2, -0.15) is 0 Å². The van der Waals surface area contributed by atoms with Gasteiger partial charge >= 0.3 is 0 Å².